The molecule has 1 aliphatic rings. The van der Waals surface area contributed by atoms with Crippen molar-refractivity contribution in [2.45, 2.75) is 84.5 Å². The van der Waals surface area contributed by atoms with Crippen LogP contribution in [0.15, 0.2) is 54.6 Å². The molecular weight excluding hydrogens is 364 g/mol. The third-order valence-corrected chi connectivity index (χ3v) is 6.40. The molecule has 30 heavy (non-hydrogen) atoms. The molecule has 0 bridgehead atoms. The monoisotopic (exact) mass is 404 g/mol. The van der Waals surface area contributed by atoms with Gasteiger partial charge < -0.3 is 4.74 Å². The van der Waals surface area contributed by atoms with E-state index in [0.29, 0.717) is 0 Å². The van der Waals surface area contributed by atoms with Gasteiger partial charge in [0, 0.05) is 0 Å². The molecule has 2 aromatic rings. The van der Waals surface area contributed by atoms with Gasteiger partial charge in [0.2, 0.25) is 0 Å². The van der Waals surface area contributed by atoms with Crippen LogP contribution >= 0.6 is 0 Å². The zero-order valence-electron chi connectivity index (χ0n) is 19.2. The Morgan fingerprint density at radius 3 is 2.00 bits per heavy atom. The smallest absolute Gasteiger partial charge is 0.119 e. The third-order valence-electron chi connectivity index (χ3n) is 6.40. The highest BCUT2D eigenvalue weighted by molar-refractivity contribution is 5.71. The lowest BCUT2D eigenvalue weighted by Gasteiger charge is -2.22. The van der Waals surface area contributed by atoms with Gasteiger partial charge in [0.15, 0.2) is 0 Å². The second kappa shape index (κ2) is 12.6. The van der Waals surface area contributed by atoms with E-state index in [2.05, 4.69) is 68.5 Å². The molecule has 0 saturated carbocycles. The van der Waals surface area contributed by atoms with Gasteiger partial charge in [-0.2, -0.15) is 0 Å². The Morgan fingerprint density at radius 2 is 1.37 bits per heavy atom. The minimum Gasteiger partial charge on any atom is -0.494 e. The van der Waals surface area contributed by atoms with Gasteiger partial charge in [-0.1, -0.05) is 101 Å². The molecule has 1 atom stereocenters. The fourth-order valence-corrected chi connectivity index (χ4v) is 4.47. The first-order valence-corrected chi connectivity index (χ1v) is 12.3. The van der Waals surface area contributed by atoms with E-state index in [1.165, 1.54) is 80.9 Å². The van der Waals surface area contributed by atoms with Crippen molar-refractivity contribution in [2.24, 2.45) is 5.92 Å². The molecule has 0 aromatic heterocycles. The minimum absolute atomic E-state index is 0.781. The van der Waals surface area contributed by atoms with E-state index in [9.17, 15) is 0 Å². The van der Waals surface area contributed by atoms with Gasteiger partial charge in [0.05, 0.1) is 6.61 Å². The Hall–Kier alpha value is -2.02. The Bertz CT molecular complexity index is 754. The van der Waals surface area contributed by atoms with Gasteiger partial charge in [0.1, 0.15) is 5.75 Å². The highest BCUT2D eigenvalue weighted by Crippen LogP contribution is 2.34. The summed E-state index contributed by atoms with van der Waals surface area (Å²) in [6, 6.07) is 17.6. The van der Waals surface area contributed by atoms with E-state index >= 15 is 0 Å². The number of allylic oxidation sites excluding steroid dienone is 2. The molecule has 0 aliphatic heterocycles. The normalized spacial score (nSPS) is 16.3. The highest BCUT2D eigenvalue weighted by Gasteiger charge is 2.15. The van der Waals surface area contributed by atoms with Crippen LogP contribution in [-0.4, -0.2) is 6.61 Å². The summed E-state index contributed by atoms with van der Waals surface area (Å²) in [5.74, 6) is 1.87. The second-order valence-corrected chi connectivity index (χ2v) is 8.88. The Labute approximate surface area is 184 Å². The molecule has 0 heterocycles. The molecule has 0 fully saturated rings. The van der Waals surface area contributed by atoms with Crippen LogP contribution in [0.4, 0.5) is 0 Å². The van der Waals surface area contributed by atoms with Crippen LogP contribution in [0.3, 0.4) is 0 Å². The van der Waals surface area contributed by atoms with Crippen molar-refractivity contribution >= 4 is 5.57 Å². The van der Waals surface area contributed by atoms with Crippen LogP contribution < -0.4 is 4.74 Å². The number of benzene rings is 2. The molecule has 0 N–H and O–H groups in total. The van der Waals surface area contributed by atoms with Gasteiger partial charge >= 0.3 is 0 Å². The zero-order chi connectivity index (χ0) is 21.0. The van der Waals surface area contributed by atoms with Gasteiger partial charge in [-0.05, 0) is 66.0 Å². The summed E-state index contributed by atoms with van der Waals surface area (Å²) >= 11 is 0. The van der Waals surface area contributed by atoms with E-state index in [1.54, 1.807) is 5.57 Å². The van der Waals surface area contributed by atoms with Crippen molar-refractivity contribution in [3.05, 3.63) is 60.2 Å². The van der Waals surface area contributed by atoms with E-state index in [1.807, 2.05) is 0 Å². The van der Waals surface area contributed by atoms with Crippen molar-refractivity contribution in [1.29, 1.82) is 0 Å². The highest BCUT2D eigenvalue weighted by atomic mass is 16.5. The predicted molar refractivity (Wildman–Crippen MR) is 131 cm³/mol. The van der Waals surface area contributed by atoms with Crippen molar-refractivity contribution in [3.63, 3.8) is 0 Å². The second-order valence-electron chi connectivity index (χ2n) is 8.88. The Morgan fingerprint density at radius 1 is 0.733 bits per heavy atom. The number of hydrogen-bond acceptors (Lipinski definition) is 1. The van der Waals surface area contributed by atoms with Crippen LogP contribution in [0.25, 0.3) is 16.7 Å². The SMILES string of the molecule is CCCCCCCCC1CC=C(c2ccc(-c3ccc(OCCC)cc3)cc2)CC1. The molecule has 3 rings (SSSR count). The number of ether oxygens (including phenoxy) is 1. The Kier molecular flexibility index (Phi) is 9.54. The molecule has 0 amide bonds. The summed E-state index contributed by atoms with van der Waals surface area (Å²) in [6.45, 7) is 5.21. The molecule has 1 nitrogen and oxygen atoms in total. The Balaban J connectivity index is 1.47. The lowest BCUT2D eigenvalue weighted by atomic mass is 9.83. The summed E-state index contributed by atoms with van der Waals surface area (Å²) in [4.78, 5) is 0. The average molecular weight is 405 g/mol. The third kappa shape index (κ3) is 7.04. The molecular formula is C29H40O. The first-order valence-electron chi connectivity index (χ1n) is 12.3. The number of rotatable bonds is 12. The maximum Gasteiger partial charge on any atom is 0.119 e. The summed E-state index contributed by atoms with van der Waals surface area (Å²) in [5, 5.41) is 0. The molecule has 1 unspecified atom stereocenters. The zero-order valence-corrected chi connectivity index (χ0v) is 19.2. The van der Waals surface area contributed by atoms with Gasteiger partial charge in [-0.3, -0.25) is 0 Å². The van der Waals surface area contributed by atoms with Crippen LogP contribution in [0, 0.1) is 5.92 Å². The maximum absolute atomic E-state index is 5.69. The molecule has 1 aliphatic carbocycles. The lowest BCUT2D eigenvalue weighted by Crippen LogP contribution is -2.05. The summed E-state index contributed by atoms with van der Waals surface area (Å²) in [5.41, 5.74) is 5.48. The van der Waals surface area contributed by atoms with E-state index < -0.39 is 0 Å². The van der Waals surface area contributed by atoms with Crippen LogP contribution in [-0.2, 0) is 0 Å². The van der Waals surface area contributed by atoms with Gasteiger partial charge in [-0.25, -0.2) is 0 Å². The average Bonchev–Trinajstić information content (AvgIpc) is 2.81. The first-order chi connectivity index (χ1) is 14.8. The van der Waals surface area contributed by atoms with Crippen LogP contribution in [0.5, 0.6) is 5.75 Å². The maximum atomic E-state index is 5.69. The predicted octanol–water partition coefficient (Wildman–Crippen LogP) is 9.08. The van der Waals surface area contributed by atoms with Crippen molar-refractivity contribution in [2.75, 3.05) is 6.61 Å². The molecule has 0 saturated heterocycles. The van der Waals surface area contributed by atoms with E-state index in [0.717, 1.165) is 24.7 Å². The summed E-state index contributed by atoms with van der Waals surface area (Å²) in [7, 11) is 0. The number of hydrogen-bond donors (Lipinski definition) is 0. The van der Waals surface area contributed by atoms with E-state index in [4.69, 9.17) is 4.74 Å². The van der Waals surface area contributed by atoms with Crippen molar-refractivity contribution in [1.82, 2.24) is 0 Å². The van der Waals surface area contributed by atoms with Crippen LogP contribution in [0.1, 0.15) is 90.0 Å². The molecule has 2 aromatic carbocycles. The van der Waals surface area contributed by atoms with Crippen LogP contribution in [0.2, 0.25) is 0 Å². The van der Waals surface area contributed by atoms with E-state index in [-0.39, 0.29) is 0 Å². The van der Waals surface area contributed by atoms with Crippen molar-refractivity contribution in [3.8, 4) is 16.9 Å². The number of unbranched alkanes of at least 4 members (excludes halogenated alkanes) is 5. The quantitative estimate of drug-likeness (QED) is 0.320. The van der Waals surface area contributed by atoms with Gasteiger partial charge in [0.25, 0.3) is 0 Å². The fraction of sp³-hybridized carbons (Fsp3) is 0.517. The largest absolute Gasteiger partial charge is 0.494 e. The minimum atomic E-state index is 0.781. The standard InChI is InChI=1S/C29H40O/c1-3-5-6-7-8-9-10-24-11-13-25(14-12-24)26-15-17-27(18-16-26)28-19-21-29(22-20-28)30-23-4-2/h13,15-22,24H,3-12,14,23H2,1-2H3. The molecule has 162 valence electrons. The van der Waals surface area contributed by atoms with Gasteiger partial charge in [-0.15, -0.1) is 0 Å². The first kappa shape index (κ1) is 22.7. The van der Waals surface area contributed by atoms with Crippen molar-refractivity contribution < 1.29 is 4.74 Å². The fourth-order valence-electron chi connectivity index (χ4n) is 4.47. The molecule has 0 radical (unpaired) electrons. The lowest BCUT2D eigenvalue weighted by molar-refractivity contribution is 0.317. The summed E-state index contributed by atoms with van der Waals surface area (Å²) < 4.78 is 5.69. The molecule has 0 spiro atoms. The summed E-state index contributed by atoms with van der Waals surface area (Å²) in [6.07, 6.45) is 17.3. The topological polar surface area (TPSA) is 9.23 Å². The molecule has 1 heteroatoms.